The maximum Gasteiger partial charge on any atom is 0.348 e. The SMILES string of the molecule is C#C[C@@](O)([C@@H](COC(Cc1ccccc1)(C(=O)O)C(=O)O)OC)[C@@H](O)n1cnc2c(NCC3(O)CC3)nc(Cl)nc21. The zero-order valence-corrected chi connectivity index (χ0v) is 22.5. The third kappa shape index (κ3) is 5.96. The Morgan fingerprint density at radius 2 is 1.90 bits per heavy atom. The van der Waals surface area contributed by atoms with Crippen LogP contribution in [0.3, 0.4) is 0 Å². The number of aliphatic carboxylic acids is 2. The molecule has 1 aromatic carbocycles. The highest BCUT2D eigenvalue weighted by Crippen LogP contribution is 2.36. The summed E-state index contributed by atoms with van der Waals surface area (Å²) in [4.78, 5) is 36.7. The van der Waals surface area contributed by atoms with Crippen molar-refractivity contribution in [1.82, 2.24) is 19.5 Å². The van der Waals surface area contributed by atoms with E-state index >= 15 is 0 Å². The van der Waals surface area contributed by atoms with E-state index in [2.05, 4.69) is 20.3 Å². The van der Waals surface area contributed by atoms with Crippen LogP contribution in [0.15, 0.2) is 36.7 Å². The van der Waals surface area contributed by atoms with Gasteiger partial charge in [-0.05, 0) is 30.0 Å². The number of carboxylic acid groups (broad SMARTS) is 2. The number of hydrogen-bond acceptors (Lipinski definition) is 11. The van der Waals surface area contributed by atoms with Crippen molar-refractivity contribution in [2.75, 3.05) is 25.6 Å². The van der Waals surface area contributed by atoms with Crippen molar-refractivity contribution < 1.29 is 44.6 Å². The summed E-state index contributed by atoms with van der Waals surface area (Å²) in [5.41, 5.74) is -5.80. The smallest absolute Gasteiger partial charge is 0.348 e. The van der Waals surface area contributed by atoms with Crippen LogP contribution in [0, 0.1) is 12.3 Å². The van der Waals surface area contributed by atoms with Crippen LogP contribution in [-0.2, 0) is 25.5 Å². The number of ether oxygens (including phenoxy) is 2. The van der Waals surface area contributed by atoms with Crippen molar-refractivity contribution in [3.05, 3.63) is 47.5 Å². The van der Waals surface area contributed by atoms with Gasteiger partial charge in [0.2, 0.25) is 5.28 Å². The molecule has 0 aliphatic heterocycles. The van der Waals surface area contributed by atoms with E-state index in [1.54, 1.807) is 18.2 Å². The number of methoxy groups -OCH3 is 1. The number of imidazole rings is 1. The average Bonchev–Trinajstić information content (AvgIpc) is 3.54. The van der Waals surface area contributed by atoms with E-state index in [0.29, 0.717) is 18.4 Å². The number of carboxylic acids is 2. The number of aromatic nitrogens is 4. The number of aliphatic hydroxyl groups excluding tert-OH is 1. The Morgan fingerprint density at radius 3 is 2.46 bits per heavy atom. The number of terminal acetylenes is 1. The molecular formula is C26H28ClN5O9. The lowest BCUT2D eigenvalue weighted by atomic mass is 9.92. The molecule has 3 aromatic rings. The third-order valence-electron chi connectivity index (χ3n) is 6.94. The maximum atomic E-state index is 12.2. The number of halogens is 1. The summed E-state index contributed by atoms with van der Waals surface area (Å²) in [5, 5.41) is 55.3. The molecule has 1 fully saturated rings. The van der Waals surface area contributed by atoms with E-state index in [9.17, 15) is 35.1 Å². The zero-order chi connectivity index (χ0) is 30.0. The predicted octanol–water partition coefficient (Wildman–Crippen LogP) is 0.454. The van der Waals surface area contributed by atoms with Crippen LogP contribution in [0.1, 0.15) is 24.6 Å². The Morgan fingerprint density at radius 1 is 1.24 bits per heavy atom. The second kappa shape index (κ2) is 11.6. The highest BCUT2D eigenvalue weighted by atomic mass is 35.5. The average molecular weight is 590 g/mol. The van der Waals surface area contributed by atoms with Gasteiger partial charge in [0.15, 0.2) is 28.8 Å². The van der Waals surface area contributed by atoms with E-state index in [1.807, 2.05) is 5.92 Å². The van der Waals surface area contributed by atoms with E-state index in [0.717, 1.165) is 18.0 Å². The van der Waals surface area contributed by atoms with Crippen molar-refractivity contribution >= 4 is 40.5 Å². The van der Waals surface area contributed by atoms with Gasteiger partial charge in [0, 0.05) is 20.1 Å². The van der Waals surface area contributed by atoms with Crippen molar-refractivity contribution in [3.63, 3.8) is 0 Å². The quantitative estimate of drug-likeness (QED) is 0.0858. The molecule has 218 valence electrons. The Hall–Kier alpha value is -3.84. The van der Waals surface area contributed by atoms with E-state index in [1.165, 1.54) is 12.1 Å². The first-order valence-corrected chi connectivity index (χ1v) is 12.7. The number of fused-ring (bicyclic) bond motifs is 1. The van der Waals surface area contributed by atoms with Crippen LogP contribution in [-0.4, -0.2) is 100 Å². The van der Waals surface area contributed by atoms with Crippen molar-refractivity contribution in [1.29, 1.82) is 0 Å². The molecule has 1 aliphatic carbocycles. The fraction of sp³-hybridized carbons (Fsp3) is 0.423. The molecule has 0 amide bonds. The lowest BCUT2D eigenvalue weighted by molar-refractivity contribution is -0.202. The minimum Gasteiger partial charge on any atom is -0.479 e. The molecule has 6 N–H and O–H groups in total. The molecule has 2 heterocycles. The third-order valence-corrected chi connectivity index (χ3v) is 7.11. The minimum atomic E-state index is -2.77. The first kappa shape index (κ1) is 30.1. The number of aliphatic hydroxyl groups is 3. The molecule has 15 heteroatoms. The van der Waals surface area contributed by atoms with Gasteiger partial charge in [0.05, 0.1) is 18.5 Å². The van der Waals surface area contributed by atoms with Gasteiger partial charge in [-0.15, -0.1) is 6.42 Å². The summed E-state index contributed by atoms with van der Waals surface area (Å²) >= 11 is 6.08. The number of rotatable bonds is 14. The molecule has 3 atom stereocenters. The number of nitrogens with one attached hydrogen (secondary N) is 1. The van der Waals surface area contributed by atoms with Crippen LogP contribution in [0.25, 0.3) is 11.2 Å². The molecule has 1 saturated carbocycles. The molecule has 2 aromatic heterocycles. The Labute approximate surface area is 238 Å². The molecule has 41 heavy (non-hydrogen) atoms. The Bertz CT molecular complexity index is 1460. The molecule has 4 rings (SSSR count). The van der Waals surface area contributed by atoms with Crippen molar-refractivity contribution in [2.24, 2.45) is 0 Å². The second-order valence-electron chi connectivity index (χ2n) is 9.72. The Kier molecular flexibility index (Phi) is 8.50. The summed E-state index contributed by atoms with van der Waals surface area (Å²) in [7, 11) is 1.11. The number of carbonyl (C=O) groups is 2. The number of nitrogens with zero attached hydrogens (tertiary/aromatic N) is 4. The van der Waals surface area contributed by atoms with E-state index < -0.39 is 54.1 Å². The van der Waals surface area contributed by atoms with Crippen LogP contribution in [0.5, 0.6) is 0 Å². The standard InChI is InChI=1S/C26H28ClN5O9/c1-3-25(39,16(40-2)12-41-26(21(34)35,22(36)37)11-15-7-5-4-6-8-15)20(33)32-14-29-17-18(28-13-24(38)9-10-24)30-23(27)31-19(17)32/h1,4-8,14,16,20,33,38-39H,9-13H2,2H3,(H,34,35)(H,36,37)(H,28,30,31)/t16-,20-,25-/m1/s1. The van der Waals surface area contributed by atoms with Crippen molar-refractivity contribution in [3.8, 4) is 12.3 Å². The fourth-order valence-electron chi connectivity index (χ4n) is 4.20. The first-order valence-electron chi connectivity index (χ1n) is 12.3. The minimum absolute atomic E-state index is 0.0401. The largest absolute Gasteiger partial charge is 0.479 e. The van der Waals surface area contributed by atoms with Crippen LogP contribution in [0.4, 0.5) is 5.82 Å². The summed E-state index contributed by atoms with van der Waals surface area (Å²) < 4.78 is 11.7. The van der Waals surface area contributed by atoms with E-state index in [4.69, 9.17) is 27.5 Å². The first-order chi connectivity index (χ1) is 19.4. The van der Waals surface area contributed by atoms with Gasteiger partial charge in [-0.25, -0.2) is 14.6 Å². The highest BCUT2D eigenvalue weighted by molar-refractivity contribution is 6.28. The van der Waals surface area contributed by atoms with Gasteiger partial charge in [0.25, 0.3) is 5.60 Å². The number of anilines is 1. The lowest BCUT2D eigenvalue weighted by Gasteiger charge is -2.36. The number of benzene rings is 1. The van der Waals surface area contributed by atoms with Gasteiger partial charge >= 0.3 is 11.9 Å². The summed E-state index contributed by atoms with van der Waals surface area (Å²) in [6.45, 7) is -0.687. The van der Waals surface area contributed by atoms with Gasteiger partial charge in [-0.1, -0.05) is 36.3 Å². The maximum absolute atomic E-state index is 12.2. The highest BCUT2D eigenvalue weighted by Gasteiger charge is 2.51. The Balaban J connectivity index is 1.63. The molecule has 0 saturated heterocycles. The molecule has 0 bridgehead atoms. The lowest BCUT2D eigenvalue weighted by Crippen LogP contribution is -2.56. The topological polar surface area (TPSA) is 209 Å². The normalized spacial score (nSPS) is 17.3. The molecule has 0 radical (unpaired) electrons. The monoisotopic (exact) mass is 589 g/mol. The fourth-order valence-corrected chi connectivity index (χ4v) is 4.37. The summed E-state index contributed by atoms with van der Waals surface area (Å²) in [6, 6.07) is 7.95. The number of hydrogen-bond donors (Lipinski definition) is 6. The van der Waals surface area contributed by atoms with Gasteiger partial charge in [0.1, 0.15) is 6.10 Å². The molecule has 1 aliphatic rings. The predicted molar refractivity (Wildman–Crippen MR) is 143 cm³/mol. The van der Waals surface area contributed by atoms with Crippen molar-refractivity contribution in [2.45, 2.75) is 48.4 Å². The summed E-state index contributed by atoms with van der Waals surface area (Å²) in [6.07, 6.45) is 3.74. The van der Waals surface area contributed by atoms with Crippen LogP contribution < -0.4 is 5.32 Å². The second-order valence-corrected chi connectivity index (χ2v) is 10.1. The van der Waals surface area contributed by atoms with Gasteiger partial charge < -0.3 is 40.3 Å². The van der Waals surface area contributed by atoms with Gasteiger partial charge in [-0.2, -0.15) is 9.97 Å². The molecule has 0 spiro atoms. The van der Waals surface area contributed by atoms with E-state index in [-0.39, 0.29) is 28.8 Å². The van der Waals surface area contributed by atoms with Crippen LogP contribution >= 0.6 is 11.6 Å². The van der Waals surface area contributed by atoms with Gasteiger partial charge in [-0.3, -0.25) is 4.57 Å². The summed E-state index contributed by atoms with van der Waals surface area (Å²) in [5.74, 6) is -1.39. The molecule has 0 unspecified atom stereocenters. The zero-order valence-electron chi connectivity index (χ0n) is 21.8. The van der Waals surface area contributed by atoms with Crippen LogP contribution in [0.2, 0.25) is 5.28 Å². The molecular weight excluding hydrogens is 562 g/mol. The molecule has 14 nitrogen and oxygen atoms in total.